The number of aromatic nitrogens is 1. The highest BCUT2D eigenvalue weighted by Gasteiger charge is 2.14. The van der Waals surface area contributed by atoms with Crippen molar-refractivity contribution in [1.82, 2.24) is 9.47 Å². The minimum absolute atomic E-state index is 0.174. The number of non-ortho nitro benzene ring substituents is 1. The van der Waals surface area contributed by atoms with E-state index in [1.165, 1.54) is 37.9 Å². The fourth-order valence-corrected chi connectivity index (χ4v) is 3.24. The molecule has 112 valence electrons. The molecule has 1 aromatic carbocycles. The van der Waals surface area contributed by atoms with Crippen molar-refractivity contribution in [2.75, 3.05) is 19.6 Å². The smallest absolute Gasteiger partial charge is 0.270 e. The third kappa shape index (κ3) is 2.93. The summed E-state index contributed by atoms with van der Waals surface area (Å²) in [6.45, 7) is 3.41. The molecular weight excluding hydrogens is 266 g/mol. The number of nitro groups is 1. The van der Waals surface area contributed by atoms with Crippen molar-refractivity contribution in [3.8, 4) is 0 Å². The van der Waals surface area contributed by atoms with Gasteiger partial charge >= 0.3 is 0 Å². The maximum atomic E-state index is 11.0. The van der Waals surface area contributed by atoms with E-state index in [1.807, 2.05) is 13.1 Å². The molecule has 0 amide bonds. The van der Waals surface area contributed by atoms with Crippen LogP contribution in [0.25, 0.3) is 10.9 Å². The van der Waals surface area contributed by atoms with E-state index in [9.17, 15) is 10.1 Å². The molecule has 0 atom stereocenters. The van der Waals surface area contributed by atoms with Gasteiger partial charge in [-0.15, -0.1) is 0 Å². The van der Waals surface area contributed by atoms with Crippen LogP contribution >= 0.6 is 0 Å². The standard InChI is InChI=1S/C16H21N3O2/c1-17-12-13(7-10-18-8-3-2-4-9-18)15-11-14(19(20)21)5-6-16(15)17/h5-6,11-12H,2-4,7-10H2,1H3. The number of hydrogen-bond acceptors (Lipinski definition) is 3. The monoisotopic (exact) mass is 287 g/mol. The van der Waals surface area contributed by atoms with Crippen LogP contribution in [-0.2, 0) is 13.5 Å². The van der Waals surface area contributed by atoms with Gasteiger partial charge in [0.05, 0.1) is 4.92 Å². The van der Waals surface area contributed by atoms with Crippen LogP contribution in [0.5, 0.6) is 0 Å². The predicted octanol–water partition coefficient (Wildman–Crippen LogP) is 3.11. The summed E-state index contributed by atoms with van der Waals surface area (Å²) < 4.78 is 2.06. The quantitative estimate of drug-likeness (QED) is 0.641. The van der Waals surface area contributed by atoms with Crippen LogP contribution in [0.15, 0.2) is 24.4 Å². The van der Waals surface area contributed by atoms with Crippen molar-refractivity contribution in [3.63, 3.8) is 0 Å². The van der Waals surface area contributed by atoms with E-state index in [4.69, 9.17) is 0 Å². The summed E-state index contributed by atoms with van der Waals surface area (Å²) >= 11 is 0. The molecule has 5 heteroatoms. The van der Waals surface area contributed by atoms with E-state index in [1.54, 1.807) is 12.1 Å². The van der Waals surface area contributed by atoms with E-state index in [-0.39, 0.29) is 10.6 Å². The second-order valence-electron chi connectivity index (χ2n) is 5.88. The highest BCUT2D eigenvalue weighted by molar-refractivity contribution is 5.86. The van der Waals surface area contributed by atoms with Gasteiger partial charge in [-0.2, -0.15) is 0 Å². The number of nitrogens with zero attached hydrogens (tertiary/aromatic N) is 3. The van der Waals surface area contributed by atoms with Crippen LogP contribution in [0.3, 0.4) is 0 Å². The van der Waals surface area contributed by atoms with Crippen molar-refractivity contribution in [2.24, 2.45) is 7.05 Å². The van der Waals surface area contributed by atoms with Gasteiger partial charge in [0, 0.05) is 42.8 Å². The van der Waals surface area contributed by atoms with E-state index in [0.717, 1.165) is 23.9 Å². The lowest BCUT2D eigenvalue weighted by Gasteiger charge is -2.26. The Morgan fingerprint density at radius 2 is 2.00 bits per heavy atom. The maximum Gasteiger partial charge on any atom is 0.270 e. The third-order valence-corrected chi connectivity index (χ3v) is 4.41. The van der Waals surface area contributed by atoms with Gasteiger partial charge in [-0.3, -0.25) is 10.1 Å². The highest BCUT2D eigenvalue weighted by atomic mass is 16.6. The number of likely N-dealkylation sites (tertiary alicyclic amines) is 1. The molecule has 2 aromatic rings. The Morgan fingerprint density at radius 1 is 1.24 bits per heavy atom. The molecule has 0 spiro atoms. The van der Waals surface area contributed by atoms with Gasteiger partial charge in [0.1, 0.15) is 0 Å². The van der Waals surface area contributed by atoms with Gasteiger partial charge in [-0.1, -0.05) is 6.42 Å². The first-order valence-electron chi connectivity index (χ1n) is 7.60. The summed E-state index contributed by atoms with van der Waals surface area (Å²) in [5.41, 5.74) is 2.45. The lowest BCUT2D eigenvalue weighted by molar-refractivity contribution is -0.384. The minimum atomic E-state index is -0.319. The van der Waals surface area contributed by atoms with Gasteiger partial charge in [0.15, 0.2) is 0 Å². The van der Waals surface area contributed by atoms with Gasteiger partial charge in [-0.25, -0.2) is 0 Å². The molecule has 5 nitrogen and oxygen atoms in total. The van der Waals surface area contributed by atoms with Crippen molar-refractivity contribution in [1.29, 1.82) is 0 Å². The van der Waals surface area contributed by atoms with E-state index in [2.05, 4.69) is 15.7 Å². The minimum Gasteiger partial charge on any atom is -0.350 e. The summed E-state index contributed by atoms with van der Waals surface area (Å²) in [4.78, 5) is 13.1. The molecule has 0 aliphatic carbocycles. The lowest BCUT2D eigenvalue weighted by Crippen LogP contribution is -2.31. The zero-order valence-corrected chi connectivity index (χ0v) is 12.4. The molecule has 1 saturated heterocycles. The molecule has 21 heavy (non-hydrogen) atoms. The Kier molecular flexibility index (Phi) is 3.92. The topological polar surface area (TPSA) is 51.3 Å². The van der Waals surface area contributed by atoms with E-state index in [0.29, 0.717) is 0 Å². The summed E-state index contributed by atoms with van der Waals surface area (Å²) in [7, 11) is 2.00. The molecule has 1 fully saturated rings. The molecule has 0 radical (unpaired) electrons. The van der Waals surface area contributed by atoms with Crippen LogP contribution in [0.1, 0.15) is 24.8 Å². The molecular formula is C16H21N3O2. The van der Waals surface area contributed by atoms with Crippen LogP contribution in [-0.4, -0.2) is 34.0 Å². The zero-order chi connectivity index (χ0) is 14.8. The normalized spacial score (nSPS) is 16.4. The number of fused-ring (bicyclic) bond motifs is 1. The molecule has 0 bridgehead atoms. The first-order valence-corrected chi connectivity index (χ1v) is 7.60. The highest BCUT2D eigenvalue weighted by Crippen LogP contribution is 2.26. The molecule has 0 saturated carbocycles. The summed E-state index contributed by atoms with van der Waals surface area (Å²) in [5.74, 6) is 0. The average Bonchev–Trinajstić information content (AvgIpc) is 2.82. The first-order chi connectivity index (χ1) is 10.1. The lowest BCUT2D eigenvalue weighted by atomic mass is 10.1. The van der Waals surface area contributed by atoms with Crippen LogP contribution in [0, 0.1) is 10.1 Å². The van der Waals surface area contributed by atoms with Gasteiger partial charge < -0.3 is 9.47 Å². The van der Waals surface area contributed by atoms with Gasteiger partial charge in [-0.05, 0) is 44.0 Å². The van der Waals surface area contributed by atoms with E-state index < -0.39 is 0 Å². The second kappa shape index (κ2) is 5.85. The van der Waals surface area contributed by atoms with E-state index >= 15 is 0 Å². The maximum absolute atomic E-state index is 11.0. The molecule has 0 N–H and O–H groups in total. The zero-order valence-electron chi connectivity index (χ0n) is 12.4. The van der Waals surface area contributed by atoms with Crippen molar-refractivity contribution < 1.29 is 4.92 Å². The van der Waals surface area contributed by atoms with Gasteiger partial charge in [0.25, 0.3) is 5.69 Å². The van der Waals surface area contributed by atoms with Crippen LogP contribution in [0.2, 0.25) is 0 Å². The van der Waals surface area contributed by atoms with Crippen molar-refractivity contribution >= 4 is 16.6 Å². The van der Waals surface area contributed by atoms with Crippen molar-refractivity contribution in [3.05, 3.63) is 40.1 Å². The largest absolute Gasteiger partial charge is 0.350 e. The summed E-state index contributed by atoms with van der Waals surface area (Å²) in [6, 6.07) is 5.13. The SMILES string of the molecule is Cn1cc(CCN2CCCCC2)c2cc([N+](=O)[O-])ccc21. The molecule has 1 aliphatic heterocycles. The average molecular weight is 287 g/mol. The summed E-state index contributed by atoms with van der Waals surface area (Å²) in [5, 5.41) is 12.0. The predicted molar refractivity (Wildman–Crippen MR) is 83.6 cm³/mol. The Balaban J connectivity index is 1.83. The molecule has 1 aliphatic rings. The van der Waals surface area contributed by atoms with Gasteiger partial charge in [0.2, 0.25) is 0 Å². The number of piperidine rings is 1. The fraction of sp³-hybridized carbons (Fsp3) is 0.500. The number of nitro benzene ring substituents is 1. The van der Waals surface area contributed by atoms with Crippen LogP contribution < -0.4 is 0 Å². The fourth-order valence-electron chi connectivity index (χ4n) is 3.24. The first kappa shape index (κ1) is 14.1. The Labute approximate surface area is 124 Å². The number of aryl methyl sites for hydroxylation is 1. The molecule has 1 aromatic heterocycles. The molecule has 2 heterocycles. The number of rotatable bonds is 4. The molecule has 0 unspecified atom stereocenters. The Bertz CT molecular complexity index is 657. The Hall–Kier alpha value is -1.88. The molecule has 3 rings (SSSR count). The number of hydrogen-bond donors (Lipinski definition) is 0. The summed E-state index contributed by atoms with van der Waals surface area (Å²) in [6.07, 6.45) is 7.00. The van der Waals surface area contributed by atoms with Crippen molar-refractivity contribution in [2.45, 2.75) is 25.7 Å². The third-order valence-electron chi connectivity index (χ3n) is 4.41. The Morgan fingerprint density at radius 3 is 2.71 bits per heavy atom. The van der Waals surface area contributed by atoms with Crippen LogP contribution in [0.4, 0.5) is 5.69 Å². The number of benzene rings is 1. The second-order valence-corrected chi connectivity index (χ2v) is 5.88.